The van der Waals surface area contributed by atoms with Crippen molar-refractivity contribution in [3.8, 4) is 0 Å². The Hall–Kier alpha value is -1.30. The van der Waals surface area contributed by atoms with E-state index in [1.807, 2.05) is 0 Å². The lowest BCUT2D eigenvalue weighted by molar-refractivity contribution is -0.147. The number of carbonyl (C=O) groups is 2. The smallest absolute Gasteiger partial charge is 0.410 e. The molecular weight excluding hydrogens is 298 g/mol. The van der Waals surface area contributed by atoms with Gasteiger partial charge in [-0.3, -0.25) is 4.90 Å². The van der Waals surface area contributed by atoms with Crippen molar-refractivity contribution in [2.24, 2.45) is 0 Å². The Morgan fingerprint density at radius 1 is 1.17 bits per heavy atom. The number of likely N-dealkylation sites (N-methyl/N-ethyl adjacent to an activating group) is 1. The van der Waals surface area contributed by atoms with Gasteiger partial charge in [0.25, 0.3) is 0 Å². The second-order valence-electron chi connectivity index (χ2n) is 7.05. The van der Waals surface area contributed by atoms with E-state index in [1.54, 1.807) is 27.8 Å². The number of methoxy groups -OCH3 is 1. The lowest BCUT2D eigenvalue weighted by atomic mass is 9.98. The third-order valence-electron chi connectivity index (χ3n) is 3.92. The Bertz CT molecular complexity index is 385. The normalized spacial score (nSPS) is 17.4. The number of rotatable bonds is 6. The molecule has 6 heteroatoms. The molecule has 0 radical (unpaired) electrons. The standard InChI is InChI=1S/C17H31NO5/c1-17(2,3)23-16(20)18(4)14(15(19)21-5)11-12-22-13-9-7-6-8-10-13/h13-14H,6-12H2,1-5H3. The van der Waals surface area contributed by atoms with Gasteiger partial charge >= 0.3 is 12.1 Å². The number of ether oxygens (including phenoxy) is 3. The first-order chi connectivity index (χ1) is 10.7. The maximum atomic E-state index is 12.1. The van der Waals surface area contributed by atoms with Gasteiger partial charge in [0.15, 0.2) is 0 Å². The summed E-state index contributed by atoms with van der Waals surface area (Å²) in [6, 6.07) is -0.696. The van der Waals surface area contributed by atoms with Crippen LogP contribution in [0.15, 0.2) is 0 Å². The van der Waals surface area contributed by atoms with Gasteiger partial charge in [0.2, 0.25) is 0 Å². The molecule has 134 valence electrons. The first kappa shape index (κ1) is 19.7. The highest BCUT2D eigenvalue weighted by atomic mass is 16.6. The van der Waals surface area contributed by atoms with Crippen LogP contribution in [0, 0.1) is 0 Å². The number of nitrogens with zero attached hydrogens (tertiary/aromatic N) is 1. The van der Waals surface area contributed by atoms with Crippen molar-refractivity contribution in [1.29, 1.82) is 0 Å². The predicted octanol–water partition coefficient (Wildman–Crippen LogP) is 3.13. The van der Waals surface area contributed by atoms with E-state index in [1.165, 1.54) is 31.3 Å². The third-order valence-corrected chi connectivity index (χ3v) is 3.92. The minimum Gasteiger partial charge on any atom is -0.467 e. The molecular formula is C17H31NO5. The van der Waals surface area contributed by atoms with Crippen LogP contribution in [0.1, 0.15) is 59.3 Å². The van der Waals surface area contributed by atoms with E-state index in [2.05, 4.69) is 0 Å². The number of amides is 1. The molecule has 0 aromatic heterocycles. The van der Waals surface area contributed by atoms with Crippen molar-refractivity contribution in [3.63, 3.8) is 0 Å². The van der Waals surface area contributed by atoms with Crippen LogP contribution >= 0.6 is 0 Å². The number of esters is 1. The quantitative estimate of drug-likeness (QED) is 0.701. The minimum absolute atomic E-state index is 0.272. The van der Waals surface area contributed by atoms with Crippen LogP contribution in [0.3, 0.4) is 0 Å². The fraction of sp³-hybridized carbons (Fsp3) is 0.882. The molecule has 1 rings (SSSR count). The van der Waals surface area contributed by atoms with E-state index < -0.39 is 23.7 Å². The third kappa shape index (κ3) is 7.20. The number of carbonyl (C=O) groups excluding carboxylic acids is 2. The molecule has 0 spiro atoms. The molecule has 6 nitrogen and oxygen atoms in total. The summed E-state index contributed by atoms with van der Waals surface area (Å²) in [7, 11) is 2.87. The van der Waals surface area contributed by atoms with Crippen molar-refractivity contribution >= 4 is 12.1 Å². The molecule has 1 atom stereocenters. The fourth-order valence-electron chi connectivity index (χ4n) is 2.64. The van der Waals surface area contributed by atoms with Crippen LogP contribution in [0.25, 0.3) is 0 Å². The Kier molecular flexibility index (Phi) is 7.82. The Balaban J connectivity index is 2.53. The number of hydrogen-bond donors (Lipinski definition) is 0. The van der Waals surface area contributed by atoms with Gasteiger partial charge in [-0.05, 0) is 33.6 Å². The first-order valence-corrected chi connectivity index (χ1v) is 8.40. The molecule has 0 N–H and O–H groups in total. The molecule has 1 fully saturated rings. The van der Waals surface area contributed by atoms with Gasteiger partial charge in [0, 0.05) is 20.1 Å². The molecule has 1 saturated carbocycles. The summed E-state index contributed by atoms with van der Waals surface area (Å²) in [6.45, 7) is 5.80. The lowest BCUT2D eigenvalue weighted by Crippen LogP contribution is -2.46. The van der Waals surface area contributed by atoms with Crippen LogP contribution in [0.4, 0.5) is 4.79 Å². The van der Waals surface area contributed by atoms with Crippen molar-refractivity contribution in [1.82, 2.24) is 4.90 Å². The van der Waals surface area contributed by atoms with Crippen LogP contribution in [-0.4, -0.2) is 55.5 Å². The highest BCUT2D eigenvalue weighted by Crippen LogP contribution is 2.21. The van der Waals surface area contributed by atoms with Gasteiger partial charge in [-0.2, -0.15) is 0 Å². The molecule has 0 aromatic rings. The van der Waals surface area contributed by atoms with Gasteiger partial charge in [0.05, 0.1) is 13.2 Å². The molecule has 1 aliphatic carbocycles. The predicted molar refractivity (Wildman–Crippen MR) is 87.2 cm³/mol. The zero-order valence-corrected chi connectivity index (χ0v) is 15.1. The Labute approximate surface area is 139 Å². The van der Waals surface area contributed by atoms with Gasteiger partial charge in [-0.25, -0.2) is 9.59 Å². The summed E-state index contributed by atoms with van der Waals surface area (Å²) >= 11 is 0. The van der Waals surface area contributed by atoms with E-state index >= 15 is 0 Å². The molecule has 23 heavy (non-hydrogen) atoms. The largest absolute Gasteiger partial charge is 0.467 e. The molecule has 0 saturated heterocycles. The molecule has 0 heterocycles. The zero-order chi connectivity index (χ0) is 17.5. The van der Waals surface area contributed by atoms with Crippen molar-refractivity contribution in [3.05, 3.63) is 0 Å². The second-order valence-corrected chi connectivity index (χ2v) is 7.05. The monoisotopic (exact) mass is 329 g/mol. The summed E-state index contributed by atoms with van der Waals surface area (Å²) in [6.07, 6.45) is 5.95. The van der Waals surface area contributed by atoms with E-state index in [-0.39, 0.29) is 6.10 Å². The topological polar surface area (TPSA) is 65.1 Å². The van der Waals surface area contributed by atoms with Crippen LogP contribution in [0.5, 0.6) is 0 Å². The summed E-state index contributed by atoms with van der Waals surface area (Å²) in [4.78, 5) is 25.4. The van der Waals surface area contributed by atoms with Crippen molar-refractivity contribution < 1.29 is 23.8 Å². The molecule has 1 unspecified atom stereocenters. The molecule has 1 amide bonds. The fourth-order valence-corrected chi connectivity index (χ4v) is 2.64. The number of hydrogen-bond acceptors (Lipinski definition) is 5. The van der Waals surface area contributed by atoms with E-state index in [0.717, 1.165) is 12.8 Å². The average Bonchev–Trinajstić information content (AvgIpc) is 2.49. The van der Waals surface area contributed by atoms with E-state index in [4.69, 9.17) is 14.2 Å². The summed E-state index contributed by atoms with van der Waals surface area (Å²) in [5, 5.41) is 0. The minimum atomic E-state index is -0.696. The first-order valence-electron chi connectivity index (χ1n) is 8.40. The average molecular weight is 329 g/mol. The van der Waals surface area contributed by atoms with Crippen LogP contribution < -0.4 is 0 Å². The van der Waals surface area contributed by atoms with Crippen LogP contribution in [0.2, 0.25) is 0 Å². The second kappa shape index (κ2) is 9.11. The maximum Gasteiger partial charge on any atom is 0.410 e. The summed E-state index contributed by atoms with van der Waals surface area (Å²) in [5.41, 5.74) is -0.607. The Morgan fingerprint density at radius 2 is 1.78 bits per heavy atom. The van der Waals surface area contributed by atoms with Gasteiger partial charge in [0.1, 0.15) is 11.6 Å². The summed E-state index contributed by atoms with van der Waals surface area (Å²) < 4.78 is 16.0. The lowest BCUT2D eigenvalue weighted by Gasteiger charge is -2.30. The maximum absolute atomic E-state index is 12.1. The van der Waals surface area contributed by atoms with Gasteiger partial charge in [-0.15, -0.1) is 0 Å². The van der Waals surface area contributed by atoms with Gasteiger partial charge in [-0.1, -0.05) is 19.3 Å². The zero-order valence-electron chi connectivity index (χ0n) is 15.1. The molecule has 0 aromatic carbocycles. The molecule has 0 aliphatic heterocycles. The van der Waals surface area contributed by atoms with E-state index in [9.17, 15) is 9.59 Å². The molecule has 0 bridgehead atoms. The van der Waals surface area contributed by atoms with Crippen molar-refractivity contribution in [2.75, 3.05) is 20.8 Å². The van der Waals surface area contributed by atoms with Crippen molar-refractivity contribution in [2.45, 2.75) is 77.0 Å². The van der Waals surface area contributed by atoms with E-state index in [0.29, 0.717) is 13.0 Å². The highest BCUT2D eigenvalue weighted by molar-refractivity contribution is 5.81. The Morgan fingerprint density at radius 3 is 2.30 bits per heavy atom. The highest BCUT2D eigenvalue weighted by Gasteiger charge is 2.31. The molecule has 1 aliphatic rings. The summed E-state index contributed by atoms with van der Waals surface area (Å²) in [5.74, 6) is -0.453. The van der Waals surface area contributed by atoms with Crippen LogP contribution in [-0.2, 0) is 19.0 Å². The SMILES string of the molecule is COC(=O)C(CCOC1CCCCC1)N(C)C(=O)OC(C)(C)C. The van der Waals surface area contributed by atoms with Gasteiger partial charge < -0.3 is 14.2 Å².